The lowest BCUT2D eigenvalue weighted by molar-refractivity contribution is 0.151. The predicted octanol–water partition coefficient (Wildman–Crippen LogP) is 3.22. The summed E-state index contributed by atoms with van der Waals surface area (Å²) in [4.78, 5) is 0. The van der Waals surface area contributed by atoms with Crippen molar-refractivity contribution in [3.05, 3.63) is 0 Å². The SMILES string of the molecule is CCCC(C)C1(CNCCOC)CCCC1. The minimum Gasteiger partial charge on any atom is -0.383 e. The standard InChI is InChI=1S/C14H29NO/c1-4-7-13(2)14(8-5-6-9-14)12-15-10-11-16-3/h13,15H,4-12H2,1-3H3. The fourth-order valence-electron chi connectivity index (χ4n) is 3.17. The normalized spacial score (nSPS) is 21.2. The van der Waals surface area contributed by atoms with E-state index in [1.165, 1.54) is 45.1 Å². The number of nitrogens with one attached hydrogen (secondary N) is 1. The summed E-state index contributed by atoms with van der Waals surface area (Å²) in [5.41, 5.74) is 0.587. The number of hydrogen-bond donors (Lipinski definition) is 1. The highest BCUT2D eigenvalue weighted by molar-refractivity contribution is 4.90. The molecule has 0 aromatic heterocycles. The summed E-state index contributed by atoms with van der Waals surface area (Å²) >= 11 is 0. The highest BCUT2D eigenvalue weighted by atomic mass is 16.5. The van der Waals surface area contributed by atoms with Crippen LogP contribution in [0.5, 0.6) is 0 Å². The molecule has 16 heavy (non-hydrogen) atoms. The van der Waals surface area contributed by atoms with Crippen molar-refractivity contribution in [3.8, 4) is 0 Å². The van der Waals surface area contributed by atoms with Crippen molar-refractivity contribution in [2.24, 2.45) is 11.3 Å². The van der Waals surface area contributed by atoms with Gasteiger partial charge in [0.2, 0.25) is 0 Å². The molecule has 0 radical (unpaired) electrons. The van der Waals surface area contributed by atoms with E-state index in [0.717, 1.165) is 19.1 Å². The number of rotatable bonds is 8. The first-order chi connectivity index (χ1) is 7.75. The quantitative estimate of drug-likeness (QED) is 0.643. The van der Waals surface area contributed by atoms with Gasteiger partial charge in [0.25, 0.3) is 0 Å². The van der Waals surface area contributed by atoms with Crippen LogP contribution in [0, 0.1) is 11.3 Å². The second-order valence-corrected chi connectivity index (χ2v) is 5.43. The molecule has 0 saturated heterocycles. The molecule has 2 nitrogen and oxygen atoms in total. The molecule has 0 spiro atoms. The first-order valence-electron chi connectivity index (χ1n) is 6.95. The van der Waals surface area contributed by atoms with Gasteiger partial charge < -0.3 is 10.1 Å². The fourth-order valence-corrected chi connectivity index (χ4v) is 3.17. The molecule has 1 atom stereocenters. The maximum Gasteiger partial charge on any atom is 0.0587 e. The van der Waals surface area contributed by atoms with Crippen molar-refractivity contribution in [3.63, 3.8) is 0 Å². The number of hydrogen-bond acceptors (Lipinski definition) is 2. The molecule has 0 aromatic carbocycles. The molecule has 1 aliphatic carbocycles. The highest BCUT2D eigenvalue weighted by Crippen LogP contribution is 2.45. The number of methoxy groups -OCH3 is 1. The van der Waals surface area contributed by atoms with E-state index in [0.29, 0.717) is 5.41 Å². The Morgan fingerprint density at radius 1 is 1.31 bits per heavy atom. The van der Waals surface area contributed by atoms with Crippen LogP contribution in [-0.4, -0.2) is 26.8 Å². The number of ether oxygens (including phenoxy) is 1. The van der Waals surface area contributed by atoms with Gasteiger partial charge in [0, 0.05) is 20.2 Å². The van der Waals surface area contributed by atoms with E-state index >= 15 is 0 Å². The van der Waals surface area contributed by atoms with Crippen LogP contribution in [0.2, 0.25) is 0 Å². The molecule has 1 aliphatic rings. The van der Waals surface area contributed by atoms with Gasteiger partial charge in [0.15, 0.2) is 0 Å². The van der Waals surface area contributed by atoms with Gasteiger partial charge in [-0.2, -0.15) is 0 Å². The van der Waals surface area contributed by atoms with E-state index in [9.17, 15) is 0 Å². The summed E-state index contributed by atoms with van der Waals surface area (Å²) in [5, 5.41) is 3.58. The Bertz CT molecular complexity index is 176. The second kappa shape index (κ2) is 7.29. The lowest BCUT2D eigenvalue weighted by Crippen LogP contribution is -2.38. The van der Waals surface area contributed by atoms with E-state index in [1.54, 1.807) is 7.11 Å². The Labute approximate surface area is 101 Å². The van der Waals surface area contributed by atoms with Gasteiger partial charge in [-0.1, -0.05) is 39.5 Å². The summed E-state index contributed by atoms with van der Waals surface area (Å²) < 4.78 is 5.08. The zero-order valence-corrected chi connectivity index (χ0v) is 11.3. The zero-order chi connectivity index (χ0) is 11.9. The summed E-state index contributed by atoms with van der Waals surface area (Å²) in [5.74, 6) is 0.870. The van der Waals surface area contributed by atoms with Crippen molar-refractivity contribution in [2.75, 3.05) is 26.8 Å². The van der Waals surface area contributed by atoms with Gasteiger partial charge in [0.05, 0.1) is 6.61 Å². The lowest BCUT2D eigenvalue weighted by atomic mass is 9.73. The fraction of sp³-hybridized carbons (Fsp3) is 1.00. The Morgan fingerprint density at radius 2 is 2.00 bits per heavy atom. The van der Waals surface area contributed by atoms with Crippen LogP contribution >= 0.6 is 0 Å². The molecule has 0 aromatic rings. The summed E-state index contributed by atoms with van der Waals surface area (Å²) in [7, 11) is 1.77. The van der Waals surface area contributed by atoms with Crippen molar-refractivity contribution in [1.29, 1.82) is 0 Å². The topological polar surface area (TPSA) is 21.3 Å². The predicted molar refractivity (Wildman–Crippen MR) is 69.7 cm³/mol. The largest absolute Gasteiger partial charge is 0.383 e. The van der Waals surface area contributed by atoms with Gasteiger partial charge in [-0.3, -0.25) is 0 Å². The Hall–Kier alpha value is -0.0800. The van der Waals surface area contributed by atoms with Crippen LogP contribution in [-0.2, 0) is 4.74 Å². The van der Waals surface area contributed by atoms with E-state index in [4.69, 9.17) is 4.74 Å². The van der Waals surface area contributed by atoms with Crippen molar-refractivity contribution in [2.45, 2.75) is 52.4 Å². The van der Waals surface area contributed by atoms with Crippen LogP contribution in [0.15, 0.2) is 0 Å². The monoisotopic (exact) mass is 227 g/mol. The molecule has 0 bridgehead atoms. The Morgan fingerprint density at radius 3 is 2.56 bits per heavy atom. The molecular weight excluding hydrogens is 198 g/mol. The van der Waals surface area contributed by atoms with Crippen LogP contribution in [0.4, 0.5) is 0 Å². The van der Waals surface area contributed by atoms with Gasteiger partial charge >= 0.3 is 0 Å². The van der Waals surface area contributed by atoms with Crippen LogP contribution in [0.3, 0.4) is 0 Å². The van der Waals surface area contributed by atoms with Crippen LogP contribution in [0.1, 0.15) is 52.4 Å². The minimum absolute atomic E-state index is 0.587. The second-order valence-electron chi connectivity index (χ2n) is 5.43. The first-order valence-corrected chi connectivity index (χ1v) is 6.95. The molecule has 1 saturated carbocycles. The molecule has 1 fully saturated rings. The van der Waals surface area contributed by atoms with Gasteiger partial charge in [-0.25, -0.2) is 0 Å². The Balaban J connectivity index is 2.38. The van der Waals surface area contributed by atoms with Crippen molar-refractivity contribution < 1.29 is 4.74 Å². The molecule has 0 aliphatic heterocycles. The molecular formula is C14H29NO. The first kappa shape index (κ1) is 14.0. The van der Waals surface area contributed by atoms with E-state index in [1.807, 2.05) is 0 Å². The lowest BCUT2D eigenvalue weighted by Gasteiger charge is -2.36. The highest BCUT2D eigenvalue weighted by Gasteiger charge is 2.37. The van der Waals surface area contributed by atoms with Gasteiger partial charge in [0.1, 0.15) is 0 Å². The molecule has 0 heterocycles. The zero-order valence-electron chi connectivity index (χ0n) is 11.3. The third-order valence-corrected chi connectivity index (χ3v) is 4.33. The average Bonchev–Trinajstić information content (AvgIpc) is 2.75. The van der Waals surface area contributed by atoms with E-state index in [-0.39, 0.29) is 0 Å². The van der Waals surface area contributed by atoms with Crippen molar-refractivity contribution >= 4 is 0 Å². The van der Waals surface area contributed by atoms with Crippen LogP contribution < -0.4 is 5.32 Å². The molecule has 1 unspecified atom stereocenters. The van der Waals surface area contributed by atoms with Gasteiger partial charge in [-0.05, 0) is 24.2 Å². The summed E-state index contributed by atoms with van der Waals surface area (Å²) in [6.45, 7) is 7.77. The molecule has 1 rings (SSSR count). The maximum atomic E-state index is 5.08. The molecule has 2 heteroatoms. The smallest absolute Gasteiger partial charge is 0.0587 e. The van der Waals surface area contributed by atoms with E-state index in [2.05, 4.69) is 19.2 Å². The molecule has 1 N–H and O–H groups in total. The molecule has 0 amide bonds. The van der Waals surface area contributed by atoms with E-state index < -0.39 is 0 Å². The van der Waals surface area contributed by atoms with Gasteiger partial charge in [-0.15, -0.1) is 0 Å². The Kier molecular flexibility index (Phi) is 6.37. The summed E-state index contributed by atoms with van der Waals surface area (Å²) in [6.07, 6.45) is 8.41. The van der Waals surface area contributed by atoms with Crippen LogP contribution in [0.25, 0.3) is 0 Å². The third-order valence-electron chi connectivity index (χ3n) is 4.33. The minimum atomic E-state index is 0.587. The third kappa shape index (κ3) is 3.74. The van der Waals surface area contributed by atoms with Crippen molar-refractivity contribution in [1.82, 2.24) is 5.32 Å². The average molecular weight is 227 g/mol. The maximum absolute atomic E-state index is 5.08. The summed E-state index contributed by atoms with van der Waals surface area (Å²) in [6, 6.07) is 0. The molecule has 96 valence electrons.